The zero-order valence-corrected chi connectivity index (χ0v) is 10.5. The minimum absolute atomic E-state index is 0.0354. The highest BCUT2D eigenvalue weighted by Gasteiger charge is 2.41. The number of rotatable bonds is 3. The average Bonchev–Trinajstić information content (AvgIpc) is 2.70. The van der Waals surface area contributed by atoms with Crippen LogP contribution in [0, 0.1) is 29.4 Å². The number of aliphatic hydroxyl groups is 1. The van der Waals surface area contributed by atoms with E-state index in [-0.39, 0.29) is 11.5 Å². The predicted octanol–water partition coefficient (Wildman–Crippen LogP) is 2.75. The van der Waals surface area contributed by atoms with Gasteiger partial charge in [-0.05, 0) is 24.8 Å². The van der Waals surface area contributed by atoms with Gasteiger partial charge < -0.3 is 10.2 Å². The van der Waals surface area contributed by atoms with Crippen molar-refractivity contribution in [1.29, 1.82) is 0 Å². The summed E-state index contributed by atoms with van der Waals surface area (Å²) in [6, 6.07) is 2.94. The maximum absolute atomic E-state index is 13.6. The Labute approximate surface area is 109 Å². The Morgan fingerprint density at radius 2 is 2.05 bits per heavy atom. The van der Waals surface area contributed by atoms with Crippen molar-refractivity contribution in [1.82, 2.24) is 0 Å². The summed E-state index contributed by atoms with van der Waals surface area (Å²) in [4.78, 5) is 11.2. The molecule has 0 amide bonds. The van der Waals surface area contributed by atoms with Gasteiger partial charge in [-0.1, -0.05) is 13.0 Å². The molecule has 1 aromatic carbocycles. The number of carboxylic acid groups (broad SMARTS) is 1. The van der Waals surface area contributed by atoms with Crippen molar-refractivity contribution in [3.63, 3.8) is 0 Å². The van der Waals surface area contributed by atoms with Gasteiger partial charge in [-0.3, -0.25) is 4.79 Å². The lowest BCUT2D eigenvalue weighted by Gasteiger charge is -2.22. The number of hydrogen-bond acceptors (Lipinski definition) is 2. The summed E-state index contributed by atoms with van der Waals surface area (Å²) in [7, 11) is 0. The van der Waals surface area contributed by atoms with Crippen LogP contribution in [-0.4, -0.2) is 16.2 Å². The topological polar surface area (TPSA) is 57.5 Å². The van der Waals surface area contributed by atoms with Crippen LogP contribution in [0.4, 0.5) is 8.78 Å². The molecule has 2 N–H and O–H groups in total. The number of benzene rings is 1. The molecule has 4 atom stereocenters. The van der Waals surface area contributed by atoms with Crippen LogP contribution in [0.15, 0.2) is 18.2 Å². The molecule has 0 radical (unpaired) electrons. The number of aliphatic hydroxyl groups excluding tert-OH is 1. The molecular formula is C14H16F2O3. The number of hydrogen-bond donors (Lipinski definition) is 2. The van der Waals surface area contributed by atoms with Gasteiger partial charge in [-0.2, -0.15) is 0 Å². The first kappa shape index (κ1) is 13.9. The smallest absolute Gasteiger partial charge is 0.306 e. The van der Waals surface area contributed by atoms with Gasteiger partial charge in [0.1, 0.15) is 11.6 Å². The van der Waals surface area contributed by atoms with Gasteiger partial charge in [-0.25, -0.2) is 8.78 Å². The molecule has 5 heteroatoms. The van der Waals surface area contributed by atoms with Crippen LogP contribution in [0.2, 0.25) is 0 Å². The largest absolute Gasteiger partial charge is 0.481 e. The maximum atomic E-state index is 13.6. The number of halogens is 2. The van der Waals surface area contributed by atoms with Crippen LogP contribution in [0.3, 0.4) is 0 Å². The van der Waals surface area contributed by atoms with Gasteiger partial charge in [0, 0.05) is 17.5 Å². The predicted molar refractivity (Wildman–Crippen MR) is 64.3 cm³/mol. The minimum Gasteiger partial charge on any atom is -0.481 e. The van der Waals surface area contributed by atoms with Crippen LogP contribution in [0.5, 0.6) is 0 Å². The number of aliphatic carboxylic acids is 1. The van der Waals surface area contributed by atoms with Crippen molar-refractivity contribution in [2.75, 3.05) is 0 Å². The molecule has 0 saturated heterocycles. The van der Waals surface area contributed by atoms with Crippen LogP contribution in [-0.2, 0) is 4.79 Å². The van der Waals surface area contributed by atoms with Gasteiger partial charge in [0.05, 0.1) is 12.0 Å². The lowest BCUT2D eigenvalue weighted by atomic mass is 9.87. The first-order chi connectivity index (χ1) is 8.90. The minimum atomic E-state index is -1.22. The summed E-state index contributed by atoms with van der Waals surface area (Å²) in [5, 5.41) is 19.3. The van der Waals surface area contributed by atoms with Crippen molar-refractivity contribution in [3.8, 4) is 0 Å². The highest BCUT2D eigenvalue weighted by Crippen LogP contribution is 2.43. The molecule has 0 heterocycles. The van der Waals surface area contributed by atoms with Crippen molar-refractivity contribution in [2.45, 2.75) is 25.9 Å². The summed E-state index contributed by atoms with van der Waals surface area (Å²) >= 11 is 0. The molecule has 0 spiro atoms. The average molecular weight is 270 g/mol. The van der Waals surface area contributed by atoms with Gasteiger partial charge in [0.2, 0.25) is 0 Å². The zero-order chi connectivity index (χ0) is 14.2. The van der Waals surface area contributed by atoms with E-state index in [1.807, 2.05) is 6.92 Å². The fraction of sp³-hybridized carbons (Fsp3) is 0.500. The van der Waals surface area contributed by atoms with Crippen molar-refractivity contribution >= 4 is 5.97 Å². The second-order valence-corrected chi connectivity index (χ2v) is 5.30. The molecule has 1 aromatic rings. The summed E-state index contributed by atoms with van der Waals surface area (Å²) in [6.07, 6.45) is -0.221. The highest BCUT2D eigenvalue weighted by atomic mass is 19.1. The van der Waals surface area contributed by atoms with E-state index in [1.165, 1.54) is 6.07 Å². The van der Waals surface area contributed by atoms with Crippen LogP contribution < -0.4 is 0 Å². The second-order valence-electron chi connectivity index (χ2n) is 5.30. The first-order valence-electron chi connectivity index (χ1n) is 6.26. The van der Waals surface area contributed by atoms with Crippen LogP contribution >= 0.6 is 0 Å². The number of carbonyl (C=O) groups is 1. The molecule has 0 aromatic heterocycles. The molecule has 1 fully saturated rings. The zero-order valence-electron chi connectivity index (χ0n) is 10.5. The molecule has 1 aliphatic carbocycles. The highest BCUT2D eigenvalue weighted by molar-refractivity contribution is 5.71. The molecule has 2 rings (SSSR count). The molecule has 0 bridgehead atoms. The van der Waals surface area contributed by atoms with E-state index in [4.69, 9.17) is 5.11 Å². The number of carboxylic acids is 1. The summed E-state index contributed by atoms with van der Waals surface area (Å²) in [5.41, 5.74) is -0.0354. The fourth-order valence-corrected chi connectivity index (χ4v) is 2.94. The third kappa shape index (κ3) is 2.76. The molecule has 104 valence electrons. The van der Waals surface area contributed by atoms with E-state index < -0.39 is 35.5 Å². The summed E-state index contributed by atoms with van der Waals surface area (Å²) in [5.74, 6) is -3.58. The monoisotopic (exact) mass is 270 g/mol. The molecule has 3 nitrogen and oxygen atoms in total. The van der Waals surface area contributed by atoms with Gasteiger partial charge in [0.15, 0.2) is 0 Å². The Morgan fingerprint density at radius 3 is 2.63 bits per heavy atom. The molecular weight excluding hydrogens is 254 g/mol. The third-order valence-electron chi connectivity index (χ3n) is 3.85. The summed E-state index contributed by atoms with van der Waals surface area (Å²) < 4.78 is 26.5. The Bertz CT molecular complexity index is 490. The standard InChI is InChI=1S/C14H16F2O3/c1-7-4-10(11(5-7)14(18)19)13(17)9-3-2-8(15)6-12(9)16/h2-3,6-7,10-11,13,17H,4-5H2,1H3,(H,18,19). The fourth-order valence-electron chi connectivity index (χ4n) is 2.94. The third-order valence-corrected chi connectivity index (χ3v) is 3.85. The SMILES string of the molecule is CC1CC(C(=O)O)C(C(O)c2ccc(F)cc2F)C1. The lowest BCUT2D eigenvalue weighted by Crippen LogP contribution is -2.24. The van der Waals surface area contributed by atoms with E-state index >= 15 is 0 Å². The Balaban J connectivity index is 2.27. The second kappa shape index (κ2) is 5.25. The Hall–Kier alpha value is -1.49. The van der Waals surface area contributed by atoms with Gasteiger partial charge in [-0.15, -0.1) is 0 Å². The lowest BCUT2D eigenvalue weighted by molar-refractivity contribution is -0.144. The van der Waals surface area contributed by atoms with E-state index in [0.717, 1.165) is 6.07 Å². The molecule has 1 saturated carbocycles. The Kier molecular flexibility index (Phi) is 3.85. The van der Waals surface area contributed by atoms with Crippen molar-refractivity contribution in [2.24, 2.45) is 17.8 Å². The quantitative estimate of drug-likeness (QED) is 0.888. The molecule has 19 heavy (non-hydrogen) atoms. The first-order valence-corrected chi connectivity index (χ1v) is 6.26. The van der Waals surface area contributed by atoms with Crippen molar-refractivity contribution in [3.05, 3.63) is 35.4 Å². The Morgan fingerprint density at radius 1 is 1.37 bits per heavy atom. The molecule has 4 unspecified atom stereocenters. The molecule has 0 aliphatic heterocycles. The van der Waals surface area contributed by atoms with Crippen LogP contribution in [0.25, 0.3) is 0 Å². The van der Waals surface area contributed by atoms with E-state index in [0.29, 0.717) is 18.9 Å². The van der Waals surface area contributed by atoms with E-state index in [2.05, 4.69) is 0 Å². The van der Waals surface area contributed by atoms with Gasteiger partial charge in [0.25, 0.3) is 0 Å². The normalized spacial score (nSPS) is 28.3. The van der Waals surface area contributed by atoms with Crippen molar-refractivity contribution < 1.29 is 23.8 Å². The van der Waals surface area contributed by atoms with E-state index in [1.54, 1.807) is 0 Å². The summed E-state index contributed by atoms with van der Waals surface area (Å²) in [6.45, 7) is 1.91. The van der Waals surface area contributed by atoms with E-state index in [9.17, 15) is 18.7 Å². The molecule has 1 aliphatic rings. The maximum Gasteiger partial charge on any atom is 0.306 e. The van der Waals surface area contributed by atoms with Gasteiger partial charge >= 0.3 is 5.97 Å². The van der Waals surface area contributed by atoms with Crippen LogP contribution in [0.1, 0.15) is 31.4 Å².